The van der Waals surface area contributed by atoms with Crippen LogP contribution in [-0.2, 0) is 14.8 Å². The Morgan fingerprint density at radius 2 is 2.25 bits per heavy atom. The number of carbonyl (C=O) groups excluding carboxylic acids is 1. The van der Waals surface area contributed by atoms with Gasteiger partial charge < -0.3 is 10.1 Å². The number of sulfonamides is 1. The highest BCUT2D eigenvalue weighted by Crippen LogP contribution is 2.20. The van der Waals surface area contributed by atoms with Crippen molar-refractivity contribution in [3.05, 3.63) is 23.0 Å². The van der Waals surface area contributed by atoms with Gasteiger partial charge in [0.15, 0.2) is 4.96 Å². The van der Waals surface area contributed by atoms with E-state index in [9.17, 15) is 13.2 Å². The Balaban J connectivity index is 1.76. The van der Waals surface area contributed by atoms with E-state index in [1.54, 1.807) is 17.5 Å². The summed E-state index contributed by atoms with van der Waals surface area (Å²) in [6.45, 7) is 2.41. The Hall–Kier alpha value is -1.49. The third kappa shape index (κ3) is 3.18. The second-order valence-corrected chi connectivity index (χ2v) is 9.14. The molecule has 1 saturated heterocycles. The SMILES string of the molecule is Cc1nc2sccn2c1C(=O)N[C@@H]1COC[C@H]1CS(=O)(=O)N(C)C. The summed E-state index contributed by atoms with van der Waals surface area (Å²) in [5, 5.41) is 4.78. The van der Waals surface area contributed by atoms with Crippen molar-refractivity contribution in [3.8, 4) is 0 Å². The van der Waals surface area contributed by atoms with E-state index in [1.807, 2.05) is 5.38 Å². The highest BCUT2D eigenvalue weighted by Gasteiger charge is 2.35. The van der Waals surface area contributed by atoms with Gasteiger partial charge in [-0.15, -0.1) is 11.3 Å². The van der Waals surface area contributed by atoms with Crippen molar-refractivity contribution in [2.45, 2.75) is 13.0 Å². The molecule has 0 unspecified atom stereocenters. The van der Waals surface area contributed by atoms with E-state index in [2.05, 4.69) is 10.3 Å². The van der Waals surface area contributed by atoms with Crippen molar-refractivity contribution in [3.63, 3.8) is 0 Å². The second kappa shape index (κ2) is 6.43. The van der Waals surface area contributed by atoms with Crippen LogP contribution >= 0.6 is 11.3 Å². The lowest BCUT2D eigenvalue weighted by Crippen LogP contribution is -2.44. The van der Waals surface area contributed by atoms with Crippen LogP contribution in [0.2, 0.25) is 0 Å². The summed E-state index contributed by atoms with van der Waals surface area (Å²) in [6.07, 6.45) is 1.80. The van der Waals surface area contributed by atoms with Crippen LogP contribution in [0, 0.1) is 12.8 Å². The molecule has 0 bridgehead atoms. The number of nitrogens with zero attached hydrogens (tertiary/aromatic N) is 3. The average molecular weight is 372 g/mol. The fraction of sp³-hybridized carbons (Fsp3) is 0.571. The van der Waals surface area contributed by atoms with Gasteiger partial charge in [-0.3, -0.25) is 9.20 Å². The highest BCUT2D eigenvalue weighted by atomic mass is 32.2. The van der Waals surface area contributed by atoms with E-state index in [1.165, 1.54) is 29.7 Å². The number of ether oxygens (including phenoxy) is 1. The molecule has 0 spiro atoms. The Labute approximate surface area is 144 Å². The molecule has 1 aliphatic heterocycles. The number of carbonyl (C=O) groups is 1. The molecule has 0 aromatic carbocycles. The number of rotatable bonds is 5. The summed E-state index contributed by atoms with van der Waals surface area (Å²) in [6, 6.07) is -0.337. The molecule has 1 amide bonds. The average Bonchev–Trinajstić information content (AvgIpc) is 3.15. The van der Waals surface area contributed by atoms with Gasteiger partial charge in [-0.2, -0.15) is 0 Å². The van der Waals surface area contributed by atoms with Gasteiger partial charge in [0.1, 0.15) is 5.69 Å². The first kappa shape index (κ1) is 17.3. The zero-order valence-corrected chi connectivity index (χ0v) is 15.4. The number of nitrogens with one attached hydrogen (secondary N) is 1. The largest absolute Gasteiger partial charge is 0.379 e. The van der Waals surface area contributed by atoms with Gasteiger partial charge >= 0.3 is 0 Å². The van der Waals surface area contributed by atoms with Crippen molar-refractivity contribution in [1.82, 2.24) is 19.0 Å². The topological polar surface area (TPSA) is 93.0 Å². The maximum atomic E-state index is 12.7. The number of aryl methyl sites for hydroxylation is 1. The summed E-state index contributed by atoms with van der Waals surface area (Å²) in [5.41, 5.74) is 1.13. The van der Waals surface area contributed by atoms with Gasteiger partial charge in [0.2, 0.25) is 10.0 Å². The maximum Gasteiger partial charge on any atom is 0.270 e. The highest BCUT2D eigenvalue weighted by molar-refractivity contribution is 7.89. The molecular weight excluding hydrogens is 352 g/mol. The monoisotopic (exact) mass is 372 g/mol. The Morgan fingerprint density at radius 1 is 1.50 bits per heavy atom. The van der Waals surface area contributed by atoms with Gasteiger partial charge in [0.25, 0.3) is 5.91 Å². The minimum Gasteiger partial charge on any atom is -0.379 e. The second-order valence-electron chi connectivity index (χ2n) is 6.04. The molecule has 8 nitrogen and oxygen atoms in total. The number of aromatic nitrogens is 2. The van der Waals surface area contributed by atoms with Crippen molar-refractivity contribution < 1.29 is 17.9 Å². The van der Waals surface area contributed by atoms with Crippen molar-refractivity contribution in [1.29, 1.82) is 0 Å². The Morgan fingerprint density at radius 3 is 2.96 bits per heavy atom. The molecule has 0 aliphatic carbocycles. The predicted octanol–water partition coefficient (Wildman–Crippen LogP) is 0.340. The number of fused-ring (bicyclic) bond motifs is 1. The van der Waals surface area contributed by atoms with E-state index in [4.69, 9.17) is 4.74 Å². The first-order valence-electron chi connectivity index (χ1n) is 7.50. The molecule has 2 atom stereocenters. The molecule has 3 heterocycles. The van der Waals surface area contributed by atoms with Crippen LogP contribution in [-0.4, -0.2) is 67.1 Å². The molecular formula is C14H20N4O4S2. The molecule has 132 valence electrons. The summed E-state index contributed by atoms with van der Waals surface area (Å²) < 4.78 is 32.5. The zero-order valence-electron chi connectivity index (χ0n) is 13.7. The van der Waals surface area contributed by atoms with E-state index in [0.717, 1.165) is 4.96 Å². The third-order valence-electron chi connectivity index (χ3n) is 4.15. The van der Waals surface area contributed by atoms with Crippen LogP contribution in [0.4, 0.5) is 0 Å². The molecule has 2 aromatic heterocycles. The normalized spacial score (nSPS) is 21.7. The van der Waals surface area contributed by atoms with Gasteiger partial charge in [-0.05, 0) is 6.92 Å². The van der Waals surface area contributed by atoms with E-state index in [-0.39, 0.29) is 23.6 Å². The van der Waals surface area contributed by atoms with E-state index < -0.39 is 10.0 Å². The van der Waals surface area contributed by atoms with Crippen LogP contribution < -0.4 is 5.32 Å². The van der Waals surface area contributed by atoms with E-state index >= 15 is 0 Å². The molecule has 10 heteroatoms. The number of thiazole rings is 1. The molecule has 1 fully saturated rings. The lowest BCUT2D eigenvalue weighted by atomic mass is 10.1. The minimum absolute atomic E-state index is 0.0514. The summed E-state index contributed by atoms with van der Waals surface area (Å²) in [7, 11) is -0.349. The van der Waals surface area contributed by atoms with Crippen LogP contribution in [0.15, 0.2) is 11.6 Å². The molecule has 1 N–H and O–H groups in total. The molecule has 24 heavy (non-hydrogen) atoms. The zero-order chi connectivity index (χ0) is 17.5. The van der Waals surface area contributed by atoms with Gasteiger partial charge in [0, 0.05) is 31.6 Å². The molecule has 2 aromatic rings. The standard InChI is InChI=1S/C14H20N4O4S2/c1-9-12(18-4-5-23-14(18)15-9)13(19)16-11-7-22-6-10(11)8-24(20,21)17(2)3/h4-5,10-11H,6-8H2,1-3H3,(H,16,19)/t10-,11+/m0/s1. The fourth-order valence-corrected chi connectivity index (χ4v) is 4.67. The van der Waals surface area contributed by atoms with Gasteiger partial charge in [-0.1, -0.05) is 0 Å². The first-order chi connectivity index (χ1) is 11.3. The molecule has 1 aliphatic rings. The number of hydrogen-bond donors (Lipinski definition) is 1. The van der Waals surface area contributed by atoms with Gasteiger partial charge in [-0.25, -0.2) is 17.7 Å². The van der Waals surface area contributed by atoms with Crippen LogP contribution in [0.3, 0.4) is 0 Å². The quantitative estimate of drug-likeness (QED) is 0.817. The summed E-state index contributed by atoms with van der Waals surface area (Å²) in [5.74, 6) is -0.585. The molecule has 0 radical (unpaired) electrons. The van der Waals surface area contributed by atoms with Crippen molar-refractivity contribution in [2.75, 3.05) is 33.1 Å². The summed E-state index contributed by atoms with van der Waals surface area (Å²) >= 11 is 1.46. The smallest absolute Gasteiger partial charge is 0.270 e. The maximum absolute atomic E-state index is 12.7. The van der Waals surface area contributed by atoms with Crippen LogP contribution in [0.1, 0.15) is 16.2 Å². The number of hydrogen-bond acceptors (Lipinski definition) is 6. The van der Waals surface area contributed by atoms with Crippen molar-refractivity contribution in [2.24, 2.45) is 5.92 Å². The predicted molar refractivity (Wildman–Crippen MR) is 90.8 cm³/mol. The fourth-order valence-electron chi connectivity index (χ4n) is 2.75. The lowest BCUT2D eigenvalue weighted by Gasteiger charge is -2.21. The lowest BCUT2D eigenvalue weighted by molar-refractivity contribution is 0.0919. The number of amides is 1. The minimum atomic E-state index is -3.35. The third-order valence-corrected chi connectivity index (χ3v) is 6.87. The van der Waals surface area contributed by atoms with Crippen molar-refractivity contribution >= 4 is 32.2 Å². The molecule has 0 saturated carbocycles. The summed E-state index contributed by atoms with van der Waals surface area (Å²) in [4.78, 5) is 17.8. The van der Waals surface area contributed by atoms with Crippen LogP contribution in [0.5, 0.6) is 0 Å². The Bertz CT molecular complexity index is 855. The van der Waals surface area contributed by atoms with E-state index in [0.29, 0.717) is 24.6 Å². The van der Waals surface area contributed by atoms with Crippen LogP contribution in [0.25, 0.3) is 4.96 Å². The Kier molecular flexibility index (Phi) is 4.65. The number of imidazole rings is 1. The molecule has 3 rings (SSSR count). The van der Waals surface area contributed by atoms with Gasteiger partial charge in [0.05, 0.1) is 30.7 Å². The first-order valence-corrected chi connectivity index (χ1v) is 9.99.